The molecule has 0 saturated heterocycles. The van der Waals surface area contributed by atoms with E-state index in [-0.39, 0.29) is 24.6 Å². The van der Waals surface area contributed by atoms with Crippen molar-refractivity contribution in [1.82, 2.24) is 10.2 Å². The second kappa shape index (κ2) is 12.9. The third kappa shape index (κ3) is 7.58. The number of nitrogens with one attached hydrogen (secondary N) is 1. The Morgan fingerprint density at radius 2 is 1.61 bits per heavy atom. The molecular formula is C29H34ClN3O4S. The number of nitrogens with zero attached hydrogens (tertiary/aromatic N) is 2. The summed E-state index contributed by atoms with van der Waals surface area (Å²) in [6, 6.07) is 21.1. The van der Waals surface area contributed by atoms with Crippen LogP contribution in [0.25, 0.3) is 0 Å². The second-order valence-corrected chi connectivity index (χ2v) is 11.6. The molecule has 0 aliphatic heterocycles. The molecule has 7 nitrogen and oxygen atoms in total. The van der Waals surface area contributed by atoms with Crippen molar-refractivity contribution in [2.24, 2.45) is 0 Å². The molecule has 0 aliphatic rings. The van der Waals surface area contributed by atoms with Gasteiger partial charge in [-0.15, -0.1) is 0 Å². The second-order valence-electron chi connectivity index (χ2n) is 9.25. The molecule has 1 atom stereocenters. The maximum Gasteiger partial charge on any atom is 0.244 e. The van der Waals surface area contributed by atoms with Crippen LogP contribution in [0.4, 0.5) is 5.69 Å². The molecule has 0 radical (unpaired) electrons. The van der Waals surface area contributed by atoms with Crippen LogP contribution in [0.15, 0.2) is 72.8 Å². The zero-order chi connectivity index (χ0) is 27.9. The minimum Gasteiger partial charge on any atom is -0.355 e. The predicted molar refractivity (Wildman–Crippen MR) is 153 cm³/mol. The van der Waals surface area contributed by atoms with Crippen LogP contribution in [-0.4, -0.2) is 50.5 Å². The van der Waals surface area contributed by atoms with Crippen molar-refractivity contribution in [3.05, 3.63) is 100 Å². The van der Waals surface area contributed by atoms with Crippen LogP contribution in [0.2, 0.25) is 5.02 Å². The van der Waals surface area contributed by atoms with Gasteiger partial charge in [-0.3, -0.25) is 13.9 Å². The van der Waals surface area contributed by atoms with Crippen LogP contribution in [0, 0.1) is 13.8 Å². The van der Waals surface area contributed by atoms with E-state index < -0.39 is 28.5 Å². The number of hydrogen-bond donors (Lipinski definition) is 1. The summed E-state index contributed by atoms with van der Waals surface area (Å²) in [6.45, 7) is 5.63. The fraction of sp³-hybridized carbons (Fsp3) is 0.310. The van der Waals surface area contributed by atoms with Crippen molar-refractivity contribution in [2.75, 3.05) is 23.7 Å². The number of carbonyl (C=O) groups is 2. The van der Waals surface area contributed by atoms with E-state index in [4.69, 9.17) is 11.6 Å². The molecule has 3 rings (SSSR count). The fourth-order valence-electron chi connectivity index (χ4n) is 4.17. The van der Waals surface area contributed by atoms with Crippen molar-refractivity contribution in [3.63, 3.8) is 0 Å². The third-order valence-electron chi connectivity index (χ3n) is 6.35. The molecule has 0 fully saturated rings. The number of sulfonamides is 1. The largest absolute Gasteiger partial charge is 0.355 e. The van der Waals surface area contributed by atoms with Gasteiger partial charge < -0.3 is 10.2 Å². The van der Waals surface area contributed by atoms with Gasteiger partial charge in [-0.25, -0.2) is 8.42 Å². The standard InChI is InChI=1S/C29H34ClN3O4S/c1-5-31-29(35)27(17-23-12-7-6-8-13-23)32(19-24-14-10-9-11-21(24)2)28(34)20-33(38(4,36)37)25-16-15-22(3)26(30)18-25/h6-16,18,27H,5,17,19-20H2,1-4H3,(H,31,35). The molecule has 202 valence electrons. The van der Waals surface area contributed by atoms with E-state index >= 15 is 0 Å². The number of carbonyl (C=O) groups excluding carboxylic acids is 2. The Labute approximate surface area is 230 Å². The average Bonchev–Trinajstić information content (AvgIpc) is 2.87. The Balaban J connectivity index is 2.06. The first-order chi connectivity index (χ1) is 18.0. The Morgan fingerprint density at radius 3 is 2.21 bits per heavy atom. The van der Waals surface area contributed by atoms with Gasteiger partial charge in [-0.1, -0.05) is 72.3 Å². The molecule has 1 unspecified atom stereocenters. The summed E-state index contributed by atoms with van der Waals surface area (Å²) in [6.07, 6.45) is 1.32. The van der Waals surface area contributed by atoms with Crippen LogP contribution < -0.4 is 9.62 Å². The molecule has 9 heteroatoms. The molecule has 0 bridgehead atoms. The van der Waals surface area contributed by atoms with Gasteiger partial charge in [0, 0.05) is 24.5 Å². The maximum absolute atomic E-state index is 14.0. The lowest BCUT2D eigenvalue weighted by atomic mass is 10.0. The van der Waals surface area contributed by atoms with Gasteiger partial charge in [0.05, 0.1) is 11.9 Å². The lowest BCUT2D eigenvalue weighted by Crippen LogP contribution is -2.53. The highest BCUT2D eigenvalue weighted by molar-refractivity contribution is 7.92. The van der Waals surface area contributed by atoms with Crippen LogP contribution in [0.1, 0.15) is 29.2 Å². The summed E-state index contributed by atoms with van der Waals surface area (Å²) in [5, 5.41) is 3.24. The van der Waals surface area contributed by atoms with E-state index in [0.29, 0.717) is 11.6 Å². The van der Waals surface area contributed by atoms with Crippen molar-refractivity contribution >= 4 is 39.1 Å². The first-order valence-corrected chi connectivity index (χ1v) is 14.6. The lowest BCUT2D eigenvalue weighted by Gasteiger charge is -2.33. The summed E-state index contributed by atoms with van der Waals surface area (Å²) in [5.74, 6) is -0.801. The Hall–Kier alpha value is -3.36. The number of likely N-dealkylation sites (N-methyl/N-ethyl adjacent to an activating group) is 1. The summed E-state index contributed by atoms with van der Waals surface area (Å²) in [4.78, 5) is 28.8. The summed E-state index contributed by atoms with van der Waals surface area (Å²) < 4.78 is 26.7. The zero-order valence-corrected chi connectivity index (χ0v) is 23.7. The molecule has 0 aromatic heterocycles. The van der Waals surface area contributed by atoms with Gasteiger partial charge in [0.1, 0.15) is 12.6 Å². The molecule has 2 amide bonds. The lowest BCUT2D eigenvalue weighted by molar-refractivity contribution is -0.140. The highest BCUT2D eigenvalue weighted by Gasteiger charge is 2.33. The summed E-state index contributed by atoms with van der Waals surface area (Å²) >= 11 is 6.28. The molecule has 0 saturated carbocycles. The number of rotatable bonds is 11. The monoisotopic (exact) mass is 555 g/mol. The average molecular weight is 556 g/mol. The van der Waals surface area contributed by atoms with Crippen molar-refractivity contribution < 1.29 is 18.0 Å². The molecular weight excluding hydrogens is 522 g/mol. The highest BCUT2D eigenvalue weighted by atomic mass is 35.5. The van der Waals surface area contributed by atoms with Gasteiger partial charge >= 0.3 is 0 Å². The molecule has 0 spiro atoms. The van der Waals surface area contributed by atoms with Gasteiger partial charge in [0.2, 0.25) is 21.8 Å². The van der Waals surface area contributed by atoms with Gasteiger partial charge in [-0.05, 0) is 55.2 Å². The molecule has 3 aromatic carbocycles. The van der Waals surface area contributed by atoms with E-state index in [1.165, 1.54) is 11.0 Å². The number of aryl methyl sites for hydroxylation is 2. The van der Waals surface area contributed by atoms with Crippen LogP contribution in [0.5, 0.6) is 0 Å². The number of halogens is 1. The summed E-state index contributed by atoms with van der Waals surface area (Å²) in [5.41, 5.74) is 3.79. The molecule has 1 N–H and O–H groups in total. The Kier molecular flexibility index (Phi) is 9.94. The van der Waals surface area contributed by atoms with Crippen LogP contribution in [0.3, 0.4) is 0 Å². The van der Waals surface area contributed by atoms with E-state index in [1.807, 2.05) is 75.4 Å². The van der Waals surface area contributed by atoms with E-state index in [2.05, 4.69) is 5.32 Å². The molecule has 0 heterocycles. The van der Waals surface area contributed by atoms with Gasteiger partial charge in [0.25, 0.3) is 0 Å². The summed E-state index contributed by atoms with van der Waals surface area (Å²) in [7, 11) is -3.85. The zero-order valence-electron chi connectivity index (χ0n) is 22.1. The van der Waals surface area contributed by atoms with Gasteiger partial charge in [-0.2, -0.15) is 0 Å². The van der Waals surface area contributed by atoms with E-state index in [0.717, 1.165) is 32.8 Å². The number of amides is 2. The Morgan fingerprint density at radius 1 is 0.947 bits per heavy atom. The third-order valence-corrected chi connectivity index (χ3v) is 7.89. The molecule has 38 heavy (non-hydrogen) atoms. The number of hydrogen-bond acceptors (Lipinski definition) is 4. The normalized spacial score (nSPS) is 12.0. The first-order valence-electron chi connectivity index (χ1n) is 12.4. The Bertz CT molecular complexity index is 1380. The van der Waals surface area contributed by atoms with Crippen LogP contribution in [-0.2, 0) is 32.6 Å². The molecule has 0 aliphatic carbocycles. The number of benzene rings is 3. The predicted octanol–water partition coefficient (Wildman–Crippen LogP) is 4.50. The van der Waals surface area contributed by atoms with Crippen LogP contribution >= 0.6 is 11.6 Å². The van der Waals surface area contributed by atoms with E-state index in [9.17, 15) is 18.0 Å². The number of anilines is 1. The first kappa shape index (κ1) is 29.2. The maximum atomic E-state index is 14.0. The minimum atomic E-state index is -3.85. The van der Waals surface area contributed by atoms with Crippen molar-refractivity contribution in [3.8, 4) is 0 Å². The van der Waals surface area contributed by atoms with E-state index in [1.54, 1.807) is 12.1 Å². The smallest absolute Gasteiger partial charge is 0.244 e. The fourth-order valence-corrected chi connectivity index (χ4v) is 5.18. The SMILES string of the molecule is CCNC(=O)C(Cc1ccccc1)N(Cc1ccccc1C)C(=O)CN(c1ccc(C)c(Cl)c1)S(C)(=O)=O. The quantitative estimate of drug-likeness (QED) is 0.377. The molecule has 3 aromatic rings. The highest BCUT2D eigenvalue weighted by Crippen LogP contribution is 2.26. The van der Waals surface area contributed by atoms with Gasteiger partial charge in [0.15, 0.2) is 0 Å². The van der Waals surface area contributed by atoms with Crippen molar-refractivity contribution in [2.45, 2.75) is 39.8 Å². The minimum absolute atomic E-state index is 0.145. The topological polar surface area (TPSA) is 86.8 Å². The van der Waals surface area contributed by atoms with Crippen molar-refractivity contribution in [1.29, 1.82) is 0 Å².